The number of rotatable bonds is 7. The minimum atomic E-state index is -0.295. The van der Waals surface area contributed by atoms with Crippen LogP contribution in [0.5, 0.6) is 0 Å². The van der Waals surface area contributed by atoms with Crippen LogP contribution < -0.4 is 0 Å². The molecule has 4 heteroatoms. The van der Waals surface area contributed by atoms with Gasteiger partial charge in [-0.05, 0) is 31.0 Å². The van der Waals surface area contributed by atoms with E-state index in [0.717, 1.165) is 38.8 Å². The first-order valence-electron chi connectivity index (χ1n) is 7.73. The molecule has 0 aliphatic rings. The van der Waals surface area contributed by atoms with Crippen molar-refractivity contribution in [3.63, 3.8) is 0 Å². The van der Waals surface area contributed by atoms with E-state index in [9.17, 15) is 9.18 Å². The Balaban J connectivity index is 2.22. The number of hydrogen-bond acceptors (Lipinski definition) is 1. The van der Waals surface area contributed by atoms with Gasteiger partial charge in [0.25, 0.3) is 5.91 Å². The second-order valence-electron chi connectivity index (χ2n) is 5.38. The Morgan fingerprint density at radius 3 is 2.43 bits per heavy atom. The highest BCUT2D eigenvalue weighted by Gasteiger charge is 2.17. The number of fused-ring (bicyclic) bond motifs is 1. The second kappa shape index (κ2) is 7.25. The van der Waals surface area contributed by atoms with E-state index >= 15 is 0 Å². The number of halogens is 1. The van der Waals surface area contributed by atoms with Crippen LogP contribution in [0.1, 0.15) is 50.0 Å². The highest BCUT2D eigenvalue weighted by Crippen LogP contribution is 2.20. The largest absolute Gasteiger partial charge is 0.350 e. The predicted molar refractivity (Wildman–Crippen MR) is 84.0 cm³/mol. The molecule has 0 saturated heterocycles. The normalized spacial score (nSPS) is 11.0. The van der Waals surface area contributed by atoms with Crippen LogP contribution in [0.3, 0.4) is 0 Å². The summed E-state index contributed by atoms with van der Waals surface area (Å²) in [7, 11) is 0. The molecular weight excluding hydrogens is 267 g/mol. The van der Waals surface area contributed by atoms with E-state index in [0.29, 0.717) is 16.6 Å². The van der Waals surface area contributed by atoms with Gasteiger partial charge < -0.3 is 9.88 Å². The quantitative estimate of drug-likeness (QED) is 0.808. The van der Waals surface area contributed by atoms with Crippen LogP contribution >= 0.6 is 0 Å². The smallest absolute Gasteiger partial charge is 0.270 e. The van der Waals surface area contributed by atoms with Crippen molar-refractivity contribution in [1.82, 2.24) is 9.88 Å². The lowest BCUT2D eigenvalue weighted by atomic mass is 10.2. The fourth-order valence-corrected chi connectivity index (χ4v) is 2.42. The van der Waals surface area contributed by atoms with Gasteiger partial charge in [-0.25, -0.2) is 4.39 Å². The number of nitrogens with one attached hydrogen (secondary N) is 1. The minimum Gasteiger partial charge on any atom is -0.350 e. The van der Waals surface area contributed by atoms with Crippen molar-refractivity contribution in [3.8, 4) is 0 Å². The molecule has 21 heavy (non-hydrogen) atoms. The molecule has 0 spiro atoms. The predicted octanol–water partition coefficient (Wildman–Crippen LogP) is 4.35. The first-order valence-corrected chi connectivity index (χ1v) is 7.73. The zero-order chi connectivity index (χ0) is 15.2. The number of aromatic nitrogens is 1. The molecule has 0 aliphatic carbocycles. The molecule has 0 radical (unpaired) electrons. The Bertz CT molecular complexity index is 598. The summed E-state index contributed by atoms with van der Waals surface area (Å²) in [5.41, 5.74) is 1.14. The maximum absolute atomic E-state index is 13.7. The Labute approximate surface area is 125 Å². The first kappa shape index (κ1) is 15.5. The summed E-state index contributed by atoms with van der Waals surface area (Å²) in [5.74, 6) is -0.330. The van der Waals surface area contributed by atoms with Gasteiger partial charge in [-0.1, -0.05) is 32.8 Å². The van der Waals surface area contributed by atoms with Crippen molar-refractivity contribution < 1.29 is 9.18 Å². The zero-order valence-corrected chi connectivity index (χ0v) is 12.8. The molecule has 1 aromatic carbocycles. The number of aromatic amines is 1. The maximum atomic E-state index is 13.7. The van der Waals surface area contributed by atoms with Gasteiger partial charge >= 0.3 is 0 Å². The van der Waals surface area contributed by atoms with Gasteiger partial charge in [0.2, 0.25) is 0 Å². The number of amides is 1. The van der Waals surface area contributed by atoms with E-state index in [1.807, 2.05) is 4.90 Å². The molecule has 114 valence electrons. The average Bonchev–Trinajstić information content (AvgIpc) is 2.92. The van der Waals surface area contributed by atoms with Crippen LogP contribution in [0.2, 0.25) is 0 Å². The topological polar surface area (TPSA) is 36.1 Å². The van der Waals surface area contributed by atoms with Crippen LogP contribution in [0.15, 0.2) is 24.3 Å². The molecule has 0 atom stereocenters. The van der Waals surface area contributed by atoms with E-state index in [1.54, 1.807) is 18.2 Å². The molecule has 2 aromatic rings. The molecule has 2 rings (SSSR count). The van der Waals surface area contributed by atoms with Crippen LogP contribution in [0.4, 0.5) is 4.39 Å². The van der Waals surface area contributed by atoms with Crippen molar-refractivity contribution in [3.05, 3.63) is 35.8 Å². The molecule has 0 unspecified atom stereocenters. The highest BCUT2D eigenvalue weighted by molar-refractivity contribution is 5.98. The Hall–Kier alpha value is -1.84. The molecule has 0 saturated carbocycles. The van der Waals surface area contributed by atoms with E-state index in [-0.39, 0.29) is 11.7 Å². The number of nitrogens with zero attached hydrogens (tertiary/aromatic N) is 1. The van der Waals surface area contributed by atoms with Crippen LogP contribution in [0, 0.1) is 5.82 Å². The summed E-state index contributed by atoms with van der Waals surface area (Å²) < 4.78 is 13.7. The number of H-pyrrole nitrogens is 1. The number of unbranched alkanes of at least 4 members (excludes halogenated alkanes) is 2. The van der Waals surface area contributed by atoms with Gasteiger partial charge in [-0.3, -0.25) is 4.79 Å². The minimum absolute atomic E-state index is 0.0347. The summed E-state index contributed by atoms with van der Waals surface area (Å²) in [6.07, 6.45) is 4.09. The lowest BCUT2D eigenvalue weighted by Gasteiger charge is -2.21. The summed E-state index contributed by atoms with van der Waals surface area (Å²) in [6, 6.07) is 6.47. The van der Waals surface area contributed by atoms with Gasteiger partial charge in [0.05, 0.1) is 0 Å². The monoisotopic (exact) mass is 290 g/mol. The third kappa shape index (κ3) is 3.63. The third-order valence-electron chi connectivity index (χ3n) is 3.69. The Morgan fingerprint density at radius 1 is 1.19 bits per heavy atom. The third-order valence-corrected chi connectivity index (χ3v) is 3.69. The number of hydrogen-bond donors (Lipinski definition) is 1. The fraction of sp³-hybridized carbons (Fsp3) is 0.471. The molecule has 1 aromatic heterocycles. The van der Waals surface area contributed by atoms with Crippen molar-refractivity contribution >= 4 is 16.8 Å². The molecular formula is C17H23FN2O. The van der Waals surface area contributed by atoms with Crippen LogP contribution in [-0.4, -0.2) is 28.9 Å². The van der Waals surface area contributed by atoms with Crippen LogP contribution in [0.25, 0.3) is 10.9 Å². The van der Waals surface area contributed by atoms with Gasteiger partial charge in [-0.15, -0.1) is 0 Å². The fourth-order valence-electron chi connectivity index (χ4n) is 2.42. The van der Waals surface area contributed by atoms with E-state index in [1.165, 1.54) is 6.07 Å². The van der Waals surface area contributed by atoms with Gasteiger partial charge in [-0.2, -0.15) is 0 Å². The Morgan fingerprint density at radius 2 is 1.86 bits per heavy atom. The zero-order valence-electron chi connectivity index (χ0n) is 12.8. The molecule has 3 nitrogen and oxygen atoms in total. The van der Waals surface area contributed by atoms with E-state index in [4.69, 9.17) is 0 Å². The lowest BCUT2D eigenvalue weighted by molar-refractivity contribution is 0.0746. The van der Waals surface area contributed by atoms with Gasteiger partial charge in [0.1, 0.15) is 11.5 Å². The molecule has 0 bridgehead atoms. The first-order chi connectivity index (χ1) is 10.2. The van der Waals surface area contributed by atoms with Gasteiger partial charge in [0.15, 0.2) is 0 Å². The van der Waals surface area contributed by atoms with Crippen molar-refractivity contribution in [2.45, 2.75) is 39.5 Å². The number of benzene rings is 1. The number of carbonyl (C=O) groups is 1. The maximum Gasteiger partial charge on any atom is 0.270 e. The van der Waals surface area contributed by atoms with Crippen molar-refractivity contribution in [2.24, 2.45) is 0 Å². The van der Waals surface area contributed by atoms with E-state index in [2.05, 4.69) is 18.8 Å². The molecule has 0 fully saturated rings. The van der Waals surface area contributed by atoms with Crippen molar-refractivity contribution in [2.75, 3.05) is 13.1 Å². The SMILES string of the molecule is CCCCN(CCCC)C(=O)c1cc2c(F)cccc2[nH]1. The molecule has 0 aliphatic heterocycles. The van der Waals surface area contributed by atoms with Gasteiger partial charge in [0, 0.05) is 24.0 Å². The summed E-state index contributed by atoms with van der Waals surface area (Å²) >= 11 is 0. The lowest BCUT2D eigenvalue weighted by Crippen LogP contribution is -2.33. The summed E-state index contributed by atoms with van der Waals surface area (Å²) in [6.45, 7) is 5.74. The molecule has 1 heterocycles. The average molecular weight is 290 g/mol. The number of carbonyl (C=O) groups excluding carboxylic acids is 1. The molecule has 1 N–H and O–H groups in total. The summed E-state index contributed by atoms with van der Waals surface area (Å²) in [5, 5.41) is 0.479. The Kier molecular flexibility index (Phi) is 5.37. The second-order valence-corrected chi connectivity index (χ2v) is 5.38. The molecule has 1 amide bonds. The van der Waals surface area contributed by atoms with Crippen LogP contribution in [-0.2, 0) is 0 Å². The highest BCUT2D eigenvalue weighted by atomic mass is 19.1. The van der Waals surface area contributed by atoms with E-state index < -0.39 is 0 Å². The van der Waals surface area contributed by atoms with Crippen molar-refractivity contribution in [1.29, 1.82) is 0 Å². The summed E-state index contributed by atoms with van der Waals surface area (Å²) in [4.78, 5) is 17.5. The standard InChI is InChI=1S/C17H23FN2O/c1-3-5-10-20(11-6-4-2)17(21)16-12-13-14(18)8-7-9-15(13)19-16/h7-9,12,19H,3-6,10-11H2,1-2H3.